The molecule has 2 aliphatic rings. The molecule has 1 N–H and O–H groups in total. The number of carbonyl (C=O) groups excluding carboxylic acids is 2. The van der Waals surface area contributed by atoms with E-state index in [1.165, 1.54) is 16.1 Å². The first-order valence-corrected chi connectivity index (χ1v) is 8.87. The van der Waals surface area contributed by atoms with E-state index in [-0.39, 0.29) is 11.8 Å². The minimum absolute atomic E-state index is 0.0598. The highest BCUT2D eigenvalue weighted by Crippen LogP contribution is 2.32. The lowest BCUT2D eigenvalue weighted by atomic mass is 10.1. The number of anilines is 1. The zero-order valence-electron chi connectivity index (χ0n) is 15.4. The van der Waals surface area contributed by atoms with E-state index >= 15 is 0 Å². The molecule has 2 aliphatic heterocycles. The van der Waals surface area contributed by atoms with Gasteiger partial charge >= 0.3 is 0 Å². The van der Waals surface area contributed by atoms with Crippen LogP contribution in [0.1, 0.15) is 44.7 Å². The summed E-state index contributed by atoms with van der Waals surface area (Å²) < 4.78 is 0. The van der Waals surface area contributed by atoms with Crippen molar-refractivity contribution < 1.29 is 9.59 Å². The first-order chi connectivity index (χ1) is 11.9. The van der Waals surface area contributed by atoms with Crippen LogP contribution >= 0.6 is 0 Å². The van der Waals surface area contributed by atoms with Gasteiger partial charge in [-0.3, -0.25) is 14.5 Å². The summed E-state index contributed by atoms with van der Waals surface area (Å²) in [6.45, 7) is 8.47. The van der Waals surface area contributed by atoms with Gasteiger partial charge < -0.3 is 5.32 Å². The molecular formula is C19H26N4O2. The molecule has 0 aromatic heterocycles. The maximum Gasteiger partial charge on any atom is 0.271 e. The van der Waals surface area contributed by atoms with Crippen LogP contribution in [-0.2, 0) is 22.7 Å². The molecule has 0 bridgehead atoms. The van der Waals surface area contributed by atoms with Crippen LogP contribution in [0.4, 0.5) is 5.69 Å². The topological polar surface area (TPSA) is 65.0 Å². The number of carbonyl (C=O) groups is 2. The Hall–Kier alpha value is -2.21. The maximum absolute atomic E-state index is 12.5. The number of amides is 2. The molecule has 0 saturated heterocycles. The van der Waals surface area contributed by atoms with Crippen LogP contribution in [0.2, 0.25) is 0 Å². The van der Waals surface area contributed by atoms with E-state index in [0.29, 0.717) is 30.5 Å². The van der Waals surface area contributed by atoms with Gasteiger partial charge in [0.05, 0.1) is 0 Å². The van der Waals surface area contributed by atoms with Gasteiger partial charge in [-0.25, -0.2) is 5.01 Å². The molecule has 1 aromatic rings. The third-order valence-electron chi connectivity index (χ3n) is 5.27. The SMILES string of the molecule is CC(C)[C@H](C)N1Cc2cccc(NC(=O)C3=NN(C)C(=O)CC3)c2C1. The fourth-order valence-corrected chi connectivity index (χ4v) is 3.30. The highest BCUT2D eigenvalue weighted by Gasteiger charge is 2.28. The van der Waals surface area contributed by atoms with Crippen molar-refractivity contribution in [1.82, 2.24) is 9.91 Å². The van der Waals surface area contributed by atoms with Gasteiger partial charge in [0.25, 0.3) is 5.91 Å². The number of hydrazone groups is 1. The maximum atomic E-state index is 12.5. The van der Waals surface area contributed by atoms with E-state index < -0.39 is 0 Å². The minimum Gasteiger partial charge on any atom is -0.321 e. The van der Waals surface area contributed by atoms with Crippen molar-refractivity contribution in [2.75, 3.05) is 12.4 Å². The van der Waals surface area contributed by atoms with Crippen molar-refractivity contribution in [1.29, 1.82) is 0 Å². The number of hydrogen-bond acceptors (Lipinski definition) is 4. The number of benzene rings is 1. The molecule has 3 rings (SSSR count). The molecule has 0 saturated carbocycles. The fraction of sp³-hybridized carbons (Fsp3) is 0.526. The van der Waals surface area contributed by atoms with Crippen LogP contribution in [-0.4, -0.2) is 40.5 Å². The van der Waals surface area contributed by atoms with Crippen LogP contribution in [0.3, 0.4) is 0 Å². The lowest BCUT2D eigenvalue weighted by molar-refractivity contribution is -0.130. The summed E-state index contributed by atoms with van der Waals surface area (Å²) in [5.41, 5.74) is 3.71. The Kier molecular flexibility index (Phi) is 4.90. The molecular weight excluding hydrogens is 316 g/mol. The molecule has 25 heavy (non-hydrogen) atoms. The Balaban J connectivity index is 1.76. The second-order valence-electron chi connectivity index (χ2n) is 7.25. The van der Waals surface area contributed by atoms with E-state index in [4.69, 9.17) is 0 Å². The summed E-state index contributed by atoms with van der Waals surface area (Å²) in [6, 6.07) is 6.54. The summed E-state index contributed by atoms with van der Waals surface area (Å²) in [4.78, 5) is 26.5. The van der Waals surface area contributed by atoms with Gasteiger partial charge in [0.1, 0.15) is 5.71 Å². The first-order valence-electron chi connectivity index (χ1n) is 8.87. The average Bonchev–Trinajstić information content (AvgIpc) is 3.01. The second-order valence-corrected chi connectivity index (χ2v) is 7.25. The summed E-state index contributed by atoms with van der Waals surface area (Å²) in [5.74, 6) is 0.301. The molecule has 134 valence electrons. The average molecular weight is 342 g/mol. The fourth-order valence-electron chi connectivity index (χ4n) is 3.30. The van der Waals surface area contributed by atoms with E-state index in [9.17, 15) is 9.59 Å². The molecule has 0 aliphatic carbocycles. The molecule has 6 nitrogen and oxygen atoms in total. The summed E-state index contributed by atoms with van der Waals surface area (Å²) in [5, 5.41) is 8.35. The lowest BCUT2D eigenvalue weighted by Crippen LogP contribution is -2.34. The number of nitrogens with zero attached hydrogens (tertiary/aromatic N) is 3. The summed E-state index contributed by atoms with van der Waals surface area (Å²) in [6.07, 6.45) is 0.718. The molecule has 2 heterocycles. The van der Waals surface area contributed by atoms with Gasteiger partial charge in [-0.05, 0) is 30.0 Å². The van der Waals surface area contributed by atoms with E-state index in [0.717, 1.165) is 18.8 Å². The quantitative estimate of drug-likeness (QED) is 0.915. The molecule has 0 unspecified atom stereocenters. The van der Waals surface area contributed by atoms with Crippen LogP contribution in [0, 0.1) is 5.92 Å². The number of fused-ring (bicyclic) bond motifs is 1. The summed E-state index contributed by atoms with van der Waals surface area (Å²) in [7, 11) is 1.58. The van der Waals surface area contributed by atoms with Gasteiger partial charge in [-0.15, -0.1) is 0 Å². The molecule has 0 radical (unpaired) electrons. The predicted molar refractivity (Wildman–Crippen MR) is 98.1 cm³/mol. The van der Waals surface area contributed by atoms with E-state index in [1.54, 1.807) is 7.05 Å². The van der Waals surface area contributed by atoms with Crippen LogP contribution in [0.15, 0.2) is 23.3 Å². The van der Waals surface area contributed by atoms with Crippen LogP contribution in [0.25, 0.3) is 0 Å². The highest BCUT2D eigenvalue weighted by molar-refractivity contribution is 6.43. The monoisotopic (exact) mass is 342 g/mol. The van der Waals surface area contributed by atoms with E-state index in [2.05, 4.69) is 42.2 Å². The summed E-state index contributed by atoms with van der Waals surface area (Å²) >= 11 is 0. The van der Waals surface area contributed by atoms with Gasteiger partial charge in [-0.1, -0.05) is 26.0 Å². The number of hydrogen-bond donors (Lipinski definition) is 1. The zero-order chi connectivity index (χ0) is 18.1. The Labute approximate surface area is 148 Å². The molecule has 1 aromatic carbocycles. The van der Waals surface area contributed by atoms with Crippen LogP contribution in [0.5, 0.6) is 0 Å². The molecule has 2 amide bonds. The van der Waals surface area contributed by atoms with E-state index in [1.807, 2.05) is 12.1 Å². The molecule has 6 heteroatoms. The largest absolute Gasteiger partial charge is 0.321 e. The minimum atomic E-state index is -0.219. The second kappa shape index (κ2) is 6.96. The predicted octanol–water partition coefficient (Wildman–Crippen LogP) is 2.59. The van der Waals surface area contributed by atoms with Gasteiger partial charge in [0, 0.05) is 44.7 Å². The smallest absolute Gasteiger partial charge is 0.271 e. The Bertz CT molecular complexity index is 726. The van der Waals surface area contributed by atoms with Crippen molar-refractivity contribution in [3.63, 3.8) is 0 Å². The Morgan fingerprint density at radius 3 is 2.64 bits per heavy atom. The lowest BCUT2D eigenvalue weighted by Gasteiger charge is -2.27. The molecule has 0 fully saturated rings. The zero-order valence-corrected chi connectivity index (χ0v) is 15.4. The normalized spacial score (nSPS) is 19.0. The van der Waals surface area contributed by atoms with Gasteiger partial charge in [-0.2, -0.15) is 5.10 Å². The van der Waals surface area contributed by atoms with Gasteiger partial charge in [0.2, 0.25) is 5.91 Å². The third-order valence-corrected chi connectivity index (χ3v) is 5.27. The standard InChI is InChI=1S/C19H26N4O2/c1-12(2)13(3)23-10-14-6-5-7-16(15(14)11-23)20-19(25)17-8-9-18(24)22(4)21-17/h5-7,12-13H,8-11H2,1-4H3,(H,20,25)/t13-/m0/s1. The molecule has 0 spiro atoms. The van der Waals surface area contributed by atoms with Crippen molar-refractivity contribution in [3.05, 3.63) is 29.3 Å². The highest BCUT2D eigenvalue weighted by atomic mass is 16.2. The Morgan fingerprint density at radius 1 is 1.20 bits per heavy atom. The number of rotatable bonds is 4. The van der Waals surface area contributed by atoms with Crippen molar-refractivity contribution >= 4 is 23.2 Å². The Morgan fingerprint density at radius 2 is 1.96 bits per heavy atom. The molecule has 1 atom stereocenters. The van der Waals surface area contributed by atoms with Gasteiger partial charge in [0.15, 0.2) is 0 Å². The van der Waals surface area contributed by atoms with Crippen molar-refractivity contribution in [2.45, 2.75) is 52.7 Å². The van der Waals surface area contributed by atoms with Crippen molar-refractivity contribution in [3.8, 4) is 0 Å². The number of nitrogens with one attached hydrogen (secondary N) is 1. The van der Waals surface area contributed by atoms with Crippen molar-refractivity contribution in [2.24, 2.45) is 11.0 Å². The first kappa shape index (κ1) is 17.6. The third kappa shape index (κ3) is 3.58. The van der Waals surface area contributed by atoms with Crippen LogP contribution < -0.4 is 5.32 Å².